The Morgan fingerprint density at radius 1 is 1.05 bits per heavy atom. The number of alkyl halides is 6. The summed E-state index contributed by atoms with van der Waals surface area (Å²) in [7, 11) is 0. The number of nitrogens with one attached hydrogen (secondary N) is 1. The molecule has 3 heterocycles. The number of carboxylic acids is 2. The molecule has 2 amide bonds. The van der Waals surface area contributed by atoms with Crippen molar-refractivity contribution in [1.82, 2.24) is 15.2 Å². The van der Waals surface area contributed by atoms with Crippen molar-refractivity contribution in [3.63, 3.8) is 0 Å². The Balaban J connectivity index is 0.000000404. The number of amides is 2. The first-order valence-corrected chi connectivity index (χ1v) is 10.9. The molecule has 210 valence electrons. The average Bonchev–Trinajstić information content (AvgIpc) is 2.79. The number of halogens is 6. The number of hydrogen-bond acceptors (Lipinski definition) is 6. The Morgan fingerprint density at radius 2 is 1.62 bits per heavy atom. The highest BCUT2D eigenvalue weighted by Crippen LogP contribution is 2.31. The number of carboxylic acid groups (broad SMARTS) is 2. The number of piperidine rings is 1. The Kier molecular flexibility index (Phi) is 11.4. The molecule has 2 fully saturated rings. The van der Waals surface area contributed by atoms with E-state index >= 15 is 0 Å². The van der Waals surface area contributed by atoms with Gasteiger partial charge in [-0.1, -0.05) is 0 Å². The van der Waals surface area contributed by atoms with E-state index in [4.69, 9.17) is 24.5 Å². The molecule has 0 aromatic carbocycles. The lowest BCUT2D eigenvalue weighted by molar-refractivity contribution is -0.193. The van der Waals surface area contributed by atoms with Crippen molar-refractivity contribution in [3.05, 3.63) is 24.5 Å². The van der Waals surface area contributed by atoms with Crippen molar-refractivity contribution < 1.29 is 55.7 Å². The minimum atomic E-state index is -5.08. The third-order valence-electron chi connectivity index (χ3n) is 4.98. The van der Waals surface area contributed by atoms with Crippen molar-refractivity contribution in [2.24, 2.45) is 0 Å². The molecule has 37 heavy (non-hydrogen) atoms. The van der Waals surface area contributed by atoms with Crippen LogP contribution in [0.4, 0.5) is 36.8 Å². The van der Waals surface area contributed by atoms with E-state index in [0.717, 1.165) is 31.6 Å². The van der Waals surface area contributed by atoms with E-state index in [0.29, 0.717) is 19.7 Å². The van der Waals surface area contributed by atoms with Crippen molar-refractivity contribution in [3.8, 4) is 0 Å². The molecule has 0 saturated carbocycles. The summed E-state index contributed by atoms with van der Waals surface area (Å²) in [5.74, 6) is -5.51. The van der Waals surface area contributed by atoms with Gasteiger partial charge in [0.05, 0.1) is 25.0 Å². The maximum Gasteiger partial charge on any atom is 0.490 e. The molecular weight excluding hydrogens is 518 g/mol. The fraction of sp³-hybridized carbons (Fsp3) is 0.619. The third kappa shape index (κ3) is 11.1. The summed E-state index contributed by atoms with van der Waals surface area (Å²) in [6, 6.07) is 4.21. The van der Waals surface area contributed by atoms with Crippen LogP contribution < -0.4 is 10.2 Å². The summed E-state index contributed by atoms with van der Waals surface area (Å²) in [5, 5.41) is 17.2. The molecular formula is C21H28F6N4O6. The standard InChI is InChI=1S/C17H26N4O2.2C2HF3O2/c1-14(2)19-16(22)21-9-10-23-17(13-21)6-4-8-20(12-17)15-5-3-7-18-11-15;2*3-2(4,5)1(6)7/h3,5,7,11,14H,4,6,8-10,12-13H2,1-2H3,(H,19,22);2*(H,6,7). The van der Waals surface area contributed by atoms with Crippen LogP contribution in [0.15, 0.2) is 24.5 Å². The Hall–Kier alpha value is -3.30. The van der Waals surface area contributed by atoms with E-state index in [1.54, 1.807) is 6.20 Å². The van der Waals surface area contributed by atoms with Gasteiger partial charge in [0.25, 0.3) is 0 Å². The maximum atomic E-state index is 12.3. The van der Waals surface area contributed by atoms with E-state index < -0.39 is 24.3 Å². The highest BCUT2D eigenvalue weighted by Gasteiger charge is 2.42. The van der Waals surface area contributed by atoms with E-state index in [9.17, 15) is 31.1 Å². The van der Waals surface area contributed by atoms with Crippen LogP contribution in [-0.4, -0.2) is 94.8 Å². The second-order valence-electron chi connectivity index (χ2n) is 8.40. The number of carbonyl (C=O) groups is 3. The normalized spacial score (nSPS) is 19.8. The molecule has 1 spiro atoms. The Morgan fingerprint density at radius 3 is 2.08 bits per heavy atom. The van der Waals surface area contributed by atoms with Crippen LogP contribution in [0.1, 0.15) is 26.7 Å². The molecule has 1 atom stereocenters. The van der Waals surface area contributed by atoms with E-state index in [1.807, 2.05) is 31.0 Å². The van der Waals surface area contributed by atoms with E-state index in [2.05, 4.69) is 21.3 Å². The zero-order valence-corrected chi connectivity index (χ0v) is 20.0. The van der Waals surface area contributed by atoms with Crippen molar-refractivity contribution >= 4 is 23.7 Å². The first-order valence-electron chi connectivity index (χ1n) is 10.9. The monoisotopic (exact) mass is 546 g/mol. The molecule has 2 aliphatic heterocycles. The lowest BCUT2D eigenvalue weighted by Gasteiger charge is -2.48. The SMILES string of the molecule is CC(C)NC(=O)N1CCOC2(CCCN(c3cccnc3)C2)C1.O=C(O)C(F)(F)F.O=C(O)C(F)(F)F. The van der Waals surface area contributed by atoms with Crippen LogP contribution in [0, 0.1) is 0 Å². The summed E-state index contributed by atoms with van der Waals surface area (Å²) in [6.45, 7) is 7.71. The smallest absolute Gasteiger partial charge is 0.475 e. The van der Waals surface area contributed by atoms with Crippen molar-refractivity contribution in [2.45, 2.75) is 50.7 Å². The van der Waals surface area contributed by atoms with Crippen LogP contribution in [0.25, 0.3) is 0 Å². The summed E-state index contributed by atoms with van der Waals surface area (Å²) < 4.78 is 69.6. The summed E-state index contributed by atoms with van der Waals surface area (Å²) >= 11 is 0. The number of rotatable bonds is 2. The molecule has 2 saturated heterocycles. The van der Waals surface area contributed by atoms with Crippen molar-refractivity contribution in [2.75, 3.05) is 37.7 Å². The molecule has 0 radical (unpaired) electrons. The number of morpholine rings is 1. The molecule has 1 aromatic heterocycles. The van der Waals surface area contributed by atoms with Crippen LogP contribution >= 0.6 is 0 Å². The second-order valence-corrected chi connectivity index (χ2v) is 8.40. The quantitative estimate of drug-likeness (QED) is 0.482. The highest BCUT2D eigenvalue weighted by atomic mass is 19.4. The number of anilines is 1. The van der Waals surface area contributed by atoms with Gasteiger partial charge in [-0.3, -0.25) is 4.98 Å². The van der Waals surface area contributed by atoms with Crippen molar-refractivity contribution in [1.29, 1.82) is 0 Å². The van der Waals surface area contributed by atoms with Gasteiger partial charge in [0, 0.05) is 31.9 Å². The van der Waals surface area contributed by atoms with Crippen LogP contribution in [0.2, 0.25) is 0 Å². The van der Waals surface area contributed by atoms with Crippen LogP contribution in [0.3, 0.4) is 0 Å². The number of pyridine rings is 1. The molecule has 1 unspecified atom stereocenters. The second kappa shape index (κ2) is 13.3. The third-order valence-corrected chi connectivity index (χ3v) is 4.98. The number of ether oxygens (including phenoxy) is 1. The molecule has 3 N–H and O–H groups in total. The largest absolute Gasteiger partial charge is 0.490 e. The van der Waals surface area contributed by atoms with Gasteiger partial charge in [-0.05, 0) is 38.8 Å². The maximum absolute atomic E-state index is 12.3. The Bertz CT molecular complexity index is 872. The summed E-state index contributed by atoms with van der Waals surface area (Å²) in [5.41, 5.74) is 0.861. The number of urea groups is 1. The van der Waals surface area contributed by atoms with E-state index in [-0.39, 0.29) is 17.7 Å². The zero-order chi connectivity index (χ0) is 28.4. The topological polar surface area (TPSA) is 132 Å². The lowest BCUT2D eigenvalue weighted by Crippen LogP contribution is -2.62. The lowest BCUT2D eigenvalue weighted by atomic mass is 9.90. The number of aliphatic carboxylic acids is 2. The molecule has 16 heteroatoms. The predicted octanol–water partition coefficient (Wildman–Crippen LogP) is 3.14. The Labute approximate surface area is 208 Å². The van der Waals surface area contributed by atoms with Gasteiger partial charge in [-0.2, -0.15) is 26.3 Å². The molecule has 3 rings (SSSR count). The number of hydrogen-bond donors (Lipinski definition) is 3. The average molecular weight is 546 g/mol. The van der Waals surface area contributed by atoms with Crippen LogP contribution in [0.5, 0.6) is 0 Å². The molecule has 10 nitrogen and oxygen atoms in total. The highest BCUT2D eigenvalue weighted by molar-refractivity contribution is 5.75. The van der Waals surface area contributed by atoms with Gasteiger partial charge in [0.1, 0.15) is 5.60 Å². The number of nitrogens with zero attached hydrogens (tertiary/aromatic N) is 3. The van der Waals surface area contributed by atoms with Gasteiger partial charge >= 0.3 is 30.3 Å². The van der Waals surface area contributed by atoms with Gasteiger partial charge in [-0.15, -0.1) is 0 Å². The minimum Gasteiger partial charge on any atom is -0.475 e. The summed E-state index contributed by atoms with van der Waals surface area (Å²) in [4.78, 5) is 38.5. The van der Waals surface area contributed by atoms with Gasteiger partial charge in [-0.25, -0.2) is 14.4 Å². The summed E-state index contributed by atoms with van der Waals surface area (Å²) in [6.07, 6.45) is -4.42. The first kappa shape index (κ1) is 31.7. The number of aromatic nitrogens is 1. The predicted molar refractivity (Wildman–Crippen MR) is 117 cm³/mol. The minimum absolute atomic E-state index is 0.0150. The van der Waals surface area contributed by atoms with Gasteiger partial charge < -0.3 is 30.1 Å². The molecule has 1 aromatic rings. The first-order chi connectivity index (χ1) is 17.0. The van der Waals surface area contributed by atoms with Gasteiger partial charge in [0.15, 0.2) is 0 Å². The fourth-order valence-electron chi connectivity index (χ4n) is 3.46. The molecule has 2 aliphatic rings. The molecule has 0 aliphatic carbocycles. The molecule has 0 bridgehead atoms. The van der Waals surface area contributed by atoms with Crippen LogP contribution in [-0.2, 0) is 14.3 Å². The number of carbonyl (C=O) groups excluding carboxylic acids is 1. The zero-order valence-electron chi connectivity index (χ0n) is 20.0. The van der Waals surface area contributed by atoms with E-state index in [1.165, 1.54) is 0 Å². The van der Waals surface area contributed by atoms with Gasteiger partial charge in [0.2, 0.25) is 0 Å². The fourth-order valence-corrected chi connectivity index (χ4v) is 3.46.